The summed E-state index contributed by atoms with van der Waals surface area (Å²) >= 11 is 0. The first-order valence-corrected chi connectivity index (χ1v) is 12.4. The van der Waals surface area contributed by atoms with Crippen molar-refractivity contribution in [1.29, 1.82) is 0 Å². The van der Waals surface area contributed by atoms with E-state index in [1.54, 1.807) is 0 Å². The Kier molecular flexibility index (Phi) is 6.87. The van der Waals surface area contributed by atoms with Gasteiger partial charge in [-0.3, -0.25) is 9.69 Å². The minimum Gasteiger partial charge on any atom is -0.341 e. The number of nitrogens with zero attached hydrogens (tertiary/aromatic N) is 2. The lowest BCUT2D eigenvalue weighted by Gasteiger charge is -2.37. The minimum atomic E-state index is -0.0710. The third kappa shape index (κ3) is 5.20. The topological polar surface area (TPSA) is 23.6 Å². The van der Waals surface area contributed by atoms with Crippen LogP contribution in [0.25, 0.3) is 0 Å². The van der Waals surface area contributed by atoms with Gasteiger partial charge in [-0.1, -0.05) is 91.0 Å². The molecule has 2 atom stereocenters. The average molecular weight is 439 g/mol. The fourth-order valence-corrected chi connectivity index (χ4v) is 5.72. The van der Waals surface area contributed by atoms with Gasteiger partial charge in [0, 0.05) is 25.6 Å². The molecular weight excluding hydrogens is 404 g/mol. The molecule has 2 aliphatic rings. The lowest BCUT2D eigenvalue weighted by Crippen LogP contribution is -2.50. The molecule has 2 fully saturated rings. The van der Waals surface area contributed by atoms with E-state index < -0.39 is 0 Å². The summed E-state index contributed by atoms with van der Waals surface area (Å²) < 4.78 is 0. The molecule has 0 saturated carbocycles. The molecule has 3 aromatic carbocycles. The maximum atomic E-state index is 13.9. The van der Waals surface area contributed by atoms with Crippen molar-refractivity contribution in [2.45, 2.75) is 44.2 Å². The highest BCUT2D eigenvalue weighted by molar-refractivity contribution is 5.83. The molecule has 5 rings (SSSR count). The Labute approximate surface area is 198 Å². The van der Waals surface area contributed by atoms with Gasteiger partial charge in [-0.05, 0) is 54.8 Å². The summed E-state index contributed by atoms with van der Waals surface area (Å²) in [5, 5.41) is 0. The van der Waals surface area contributed by atoms with E-state index >= 15 is 0 Å². The Morgan fingerprint density at radius 1 is 0.697 bits per heavy atom. The normalized spacial score (nSPS) is 21.9. The Morgan fingerprint density at radius 3 is 1.91 bits per heavy atom. The molecule has 0 radical (unpaired) electrons. The summed E-state index contributed by atoms with van der Waals surface area (Å²) in [6, 6.07) is 32.0. The maximum Gasteiger partial charge on any atom is 0.240 e. The first kappa shape index (κ1) is 21.9. The minimum absolute atomic E-state index is 0.0710. The number of likely N-dealkylation sites (tertiary alicyclic amines) is 2. The van der Waals surface area contributed by atoms with Crippen molar-refractivity contribution in [2.75, 3.05) is 19.6 Å². The standard InChI is InChI=1S/C30H34N2O/c33-30(31-19-16-25(17-20-31)22-24-10-4-1-5-11-24)29-28(27-14-8-3-9-15-27)18-21-32(29)23-26-12-6-2-7-13-26/h1-15,25,28-29H,16-23H2/t28-,29-/m0/s1. The summed E-state index contributed by atoms with van der Waals surface area (Å²) in [6.07, 6.45) is 4.36. The molecule has 3 nitrogen and oxygen atoms in total. The quantitative estimate of drug-likeness (QED) is 0.505. The Hall–Kier alpha value is -2.91. The number of amides is 1. The lowest BCUT2D eigenvalue weighted by molar-refractivity contribution is -0.138. The van der Waals surface area contributed by atoms with Gasteiger partial charge in [0.15, 0.2) is 0 Å². The molecular formula is C30H34N2O. The van der Waals surface area contributed by atoms with E-state index in [1.165, 1.54) is 16.7 Å². The number of rotatable bonds is 6. The van der Waals surface area contributed by atoms with E-state index in [2.05, 4.69) is 101 Å². The van der Waals surface area contributed by atoms with E-state index in [0.717, 1.165) is 51.9 Å². The summed E-state index contributed by atoms with van der Waals surface area (Å²) in [5.74, 6) is 1.27. The highest BCUT2D eigenvalue weighted by Crippen LogP contribution is 2.36. The first-order valence-electron chi connectivity index (χ1n) is 12.4. The van der Waals surface area contributed by atoms with E-state index in [-0.39, 0.29) is 12.0 Å². The monoisotopic (exact) mass is 438 g/mol. The Bertz CT molecular complexity index is 1010. The van der Waals surface area contributed by atoms with Gasteiger partial charge >= 0.3 is 0 Å². The lowest BCUT2D eigenvalue weighted by atomic mass is 9.88. The number of carbonyl (C=O) groups is 1. The van der Waals surface area contributed by atoms with E-state index in [4.69, 9.17) is 0 Å². The highest BCUT2D eigenvalue weighted by atomic mass is 16.2. The molecule has 2 heterocycles. The van der Waals surface area contributed by atoms with Gasteiger partial charge in [0.25, 0.3) is 0 Å². The van der Waals surface area contributed by atoms with Gasteiger partial charge in [-0.15, -0.1) is 0 Å². The van der Waals surface area contributed by atoms with Crippen LogP contribution in [0.1, 0.15) is 41.9 Å². The maximum absolute atomic E-state index is 13.9. The largest absolute Gasteiger partial charge is 0.341 e. The van der Waals surface area contributed by atoms with Crippen LogP contribution in [-0.4, -0.2) is 41.4 Å². The second-order valence-corrected chi connectivity index (χ2v) is 9.67. The number of piperidine rings is 1. The zero-order valence-electron chi connectivity index (χ0n) is 19.4. The van der Waals surface area contributed by atoms with Crippen LogP contribution in [0.2, 0.25) is 0 Å². The SMILES string of the molecule is O=C([C@@H]1[C@H](c2ccccc2)CCN1Cc1ccccc1)N1CCC(Cc2ccccc2)CC1. The Balaban J connectivity index is 1.29. The Morgan fingerprint density at radius 2 is 1.27 bits per heavy atom. The summed E-state index contributed by atoms with van der Waals surface area (Å²) in [5.41, 5.74) is 3.99. The molecule has 170 valence electrons. The third-order valence-electron chi connectivity index (χ3n) is 7.50. The molecule has 1 amide bonds. The van der Waals surface area contributed by atoms with Crippen molar-refractivity contribution in [2.24, 2.45) is 5.92 Å². The zero-order valence-corrected chi connectivity index (χ0v) is 19.4. The molecule has 2 aliphatic heterocycles. The summed E-state index contributed by atoms with van der Waals surface area (Å²) in [4.78, 5) is 18.5. The molecule has 0 bridgehead atoms. The predicted octanol–water partition coefficient (Wildman–Crippen LogP) is 5.53. The first-order chi connectivity index (χ1) is 16.3. The van der Waals surface area contributed by atoms with Crippen LogP contribution >= 0.6 is 0 Å². The van der Waals surface area contributed by atoms with Crippen molar-refractivity contribution in [3.05, 3.63) is 108 Å². The summed E-state index contributed by atoms with van der Waals surface area (Å²) in [7, 11) is 0. The molecule has 0 spiro atoms. The molecule has 33 heavy (non-hydrogen) atoms. The van der Waals surface area contributed by atoms with Crippen molar-refractivity contribution < 1.29 is 4.79 Å². The number of hydrogen-bond acceptors (Lipinski definition) is 2. The third-order valence-corrected chi connectivity index (χ3v) is 7.50. The molecule has 0 aliphatic carbocycles. The van der Waals surface area contributed by atoms with Crippen LogP contribution in [0.4, 0.5) is 0 Å². The fraction of sp³-hybridized carbons (Fsp3) is 0.367. The highest BCUT2D eigenvalue weighted by Gasteiger charge is 2.42. The van der Waals surface area contributed by atoms with E-state index in [9.17, 15) is 4.79 Å². The molecule has 2 saturated heterocycles. The fourth-order valence-electron chi connectivity index (χ4n) is 5.72. The zero-order chi connectivity index (χ0) is 22.5. The van der Waals surface area contributed by atoms with Crippen LogP contribution < -0.4 is 0 Å². The number of hydrogen-bond donors (Lipinski definition) is 0. The summed E-state index contributed by atoms with van der Waals surface area (Å²) in [6.45, 7) is 3.57. The van der Waals surface area contributed by atoms with Crippen molar-refractivity contribution in [3.8, 4) is 0 Å². The molecule has 3 heteroatoms. The average Bonchev–Trinajstić information content (AvgIpc) is 3.29. The van der Waals surface area contributed by atoms with Gasteiger partial charge in [0.2, 0.25) is 5.91 Å². The second-order valence-electron chi connectivity index (χ2n) is 9.67. The van der Waals surface area contributed by atoms with E-state index in [1.807, 2.05) is 0 Å². The van der Waals surface area contributed by atoms with Crippen molar-refractivity contribution in [3.63, 3.8) is 0 Å². The van der Waals surface area contributed by atoms with Crippen molar-refractivity contribution >= 4 is 5.91 Å². The van der Waals surface area contributed by atoms with Gasteiger partial charge in [-0.2, -0.15) is 0 Å². The second kappa shape index (κ2) is 10.4. The van der Waals surface area contributed by atoms with Gasteiger partial charge in [0.05, 0.1) is 6.04 Å². The molecule has 0 unspecified atom stereocenters. The smallest absolute Gasteiger partial charge is 0.240 e. The van der Waals surface area contributed by atoms with Crippen LogP contribution in [-0.2, 0) is 17.8 Å². The molecule has 0 aromatic heterocycles. The van der Waals surface area contributed by atoms with Crippen LogP contribution in [0.15, 0.2) is 91.0 Å². The van der Waals surface area contributed by atoms with Gasteiger partial charge < -0.3 is 4.90 Å². The van der Waals surface area contributed by atoms with E-state index in [0.29, 0.717) is 11.8 Å². The van der Waals surface area contributed by atoms with Gasteiger partial charge in [-0.25, -0.2) is 0 Å². The number of carbonyl (C=O) groups excluding carboxylic acids is 1. The number of benzene rings is 3. The van der Waals surface area contributed by atoms with Crippen LogP contribution in [0, 0.1) is 5.92 Å². The molecule has 3 aromatic rings. The van der Waals surface area contributed by atoms with Crippen LogP contribution in [0.5, 0.6) is 0 Å². The van der Waals surface area contributed by atoms with Crippen LogP contribution in [0.3, 0.4) is 0 Å². The predicted molar refractivity (Wildman–Crippen MR) is 134 cm³/mol. The van der Waals surface area contributed by atoms with Gasteiger partial charge in [0.1, 0.15) is 0 Å². The molecule has 0 N–H and O–H groups in total. The van der Waals surface area contributed by atoms with Crippen molar-refractivity contribution in [1.82, 2.24) is 9.80 Å².